The molecule has 0 saturated carbocycles. The van der Waals surface area contributed by atoms with Crippen LogP contribution in [0.15, 0.2) is 30.8 Å². The molecule has 0 saturated heterocycles. The fourth-order valence-corrected chi connectivity index (χ4v) is 0.915. The second-order valence-corrected chi connectivity index (χ2v) is 2.87. The Hall–Kier alpha value is -1.82. The van der Waals surface area contributed by atoms with E-state index in [2.05, 4.69) is 11.6 Å². The van der Waals surface area contributed by atoms with Crippen LogP contribution in [-0.4, -0.2) is 4.98 Å². The first kappa shape index (κ1) is 10.3. The summed E-state index contributed by atoms with van der Waals surface area (Å²) in [5, 5.41) is 8.64. The summed E-state index contributed by atoms with van der Waals surface area (Å²) in [4.78, 5) is 3.93. The highest BCUT2D eigenvalue weighted by atomic mass is 16.5. The molecule has 1 aromatic rings. The molecular formula is C11H12N2O. The van der Waals surface area contributed by atoms with Crippen molar-refractivity contribution >= 4 is 0 Å². The monoisotopic (exact) mass is 188 g/mol. The minimum absolute atomic E-state index is 0.426. The van der Waals surface area contributed by atoms with Crippen LogP contribution in [0.5, 0.6) is 0 Å². The first-order chi connectivity index (χ1) is 6.76. The first-order valence-electron chi connectivity index (χ1n) is 4.41. The predicted molar refractivity (Wildman–Crippen MR) is 53.2 cm³/mol. The number of hydrogen-bond donors (Lipinski definition) is 0. The van der Waals surface area contributed by atoms with Crippen molar-refractivity contribution in [2.45, 2.75) is 20.0 Å². The van der Waals surface area contributed by atoms with Gasteiger partial charge in [0.05, 0.1) is 11.3 Å². The van der Waals surface area contributed by atoms with Gasteiger partial charge < -0.3 is 4.74 Å². The van der Waals surface area contributed by atoms with E-state index in [0.29, 0.717) is 12.2 Å². The van der Waals surface area contributed by atoms with Crippen LogP contribution < -0.4 is 0 Å². The molecule has 72 valence electrons. The van der Waals surface area contributed by atoms with Gasteiger partial charge in [-0.15, -0.1) is 0 Å². The van der Waals surface area contributed by atoms with Gasteiger partial charge in [0.1, 0.15) is 12.7 Å². The highest BCUT2D eigenvalue weighted by Crippen LogP contribution is 2.07. The molecule has 3 heteroatoms. The number of rotatable bonds is 4. The van der Waals surface area contributed by atoms with Crippen LogP contribution in [0.4, 0.5) is 0 Å². The van der Waals surface area contributed by atoms with Gasteiger partial charge in [-0.25, -0.2) is 0 Å². The number of allylic oxidation sites excluding steroid dienone is 1. The lowest BCUT2D eigenvalue weighted by Gasteiger charge is -2.06. The minimum Gasteiger partial charge on any atom is -0.494 e. The Bertz CT molecular complexity index is 366. The average molecular weight is 188 g/mol. The zero-order valence-corrected chi connectivity index (χ0v) is 8.16. The molecular weight excluding hydrogens is 176 g/mol. The molecule has 1 heterocycles. The Labute approximate surface area is 83.7 Å². The van der Waals surface area contributed by atoms with Crippen LogP contribution in [0, 0.1) is 11.3 Å². The molecule has 0 N–H and O–H groups in total. The van der Waals surface area contributed by atoms with E-state index >= 15 is 0 Å². The highest BCUT2D eigenvalue weighted by molar-refractivity contribution is 5.28. The van der Waals surface area contributed by atoms with E-state index in [4.69, 9.17) is 10.00 Å². The largest absolute Gasteiger partial charge is 0.494 e. The maximum Gasteiger partial charge on any atom is 0.114 e. The fourth-order valence-electron chi connectivity index (χ4n) is 0.915. The van der Waals surface area contributed by atoms with Gasteiger partial charge in [0, 0.05) is 24.4 Å². The summed E-state index contributed by atoms with van der Waals surface area (Å²) in [5.74, 6) is 0.743. The second-order valence-electron chi connectivity index (χ2n) is 2.87. The van der Waals surface area contributed by atoms with Gasteiger partial charge in [0.2, 0.25) is 0 Å². The van der Waals surface area contributed by atoms with Crippen molar-refractivity contribution in [2.24, 2.45) is 0 Å². The molecule has 0 fully saturated rings. The Morgan fingerprint density at radius 2 is 2.43 bits per heavy atom. The molecule has 0 spiro atoms. The third kappa shape index (κ3) is 2.91. The van der Waals surface area contributed by atoms with Crippen molar-refractivity contribution in [3.63, 3.8) is 0 Å². The number of nitriles is 1. The molecule has 0 radical (unpaired) electrons. The molecule has 14 heavy (non-hydrogen) atoms. The van der Waals surface area contributed by atoms with Crippen molar-refractivity contribution < 1.29 is 4.74 Å². The van der Waals surface area contributed by atoms with Gasteiger partial charge in [-0.1, -0.05) is 13.5 Å². The van der Waals surface area contributed by atoms with Crippen molar-refractivity contribution in [3.05, 3.63) is 41.9 Å². The van der Waals surface area contributed by atoms with Crippen LogP contribution in [0.25, 0.3) is 0 Å². The number of ether oxygens (including phenoxy) is 1. The molecule has 0 aliphatic rings. The summed E-state index contributed by atoms with van der Waals surface area (Å²) >= 11 is 0. The molecule has 0 aliphatic carbocycles. The molecule has 0 aliphatic heterocycles. The SMILES string of the molecule is C=C(CC)OCc1cncc(C#N)c1. The summed E-state index contributed by atoms with van der Waals surface area (Å²) in [6.07, 6.45) is 4.01. The van der Waals surface area contributed by atoms with E-state index in [0.717, 1.165) is 17.7 Å². The van der Waals surface area contributed by atoms with Crippen LogP contribution in [-0.2, 0) is 11.3 Å². The smallest absolute Gasteiger partial charge is 0.114 e. The topological polar surface area (TPSA) is 45.9 Å². The van der Waals surface area contributed by atoms with Gasteiger partial charge in [0.25, 0.3) is 0 Å². The van der Waals surface area contributed by atoms with Gasteiger partial charge >= 0.3 is 0 Å². The van der Waals surface area contributed by atoms with E-state index in [1.54, 1.807) is 12.3 Å². The highest BCUT2D eigenvalue weighted by Gasteiger charge is 1.97. The van der Waals surface area contributed by atoms with Crippen molar-refractivity contribution in [1.29, 1.82) is 5.26 Å². The first-order valence-corrected chi connectivity index (χ1v) is 4.41. The molecule has 0 amide bonds. The van der Waals surface area contributed by atoms with Gasteiger partial charge in [-0.2, -0.15) is 5.26 Å². The Morgan fingerprint density at radius 1 is 1.64 bits per heavy atom. The summed E-state index contributed by atoms with van der Waals surface area (Å²) in [6, 6.07) is 3.79. The van der Waals surface area contributed by atoms with Gasteiger partial charge in [-0.3, -0.25) is 4.98 Å². The van der Waals surface area contributed by atoms with Crippen LogP contribution in [0.2, 0.25) is 0 Å². The maximum atomic E-state index is 8.64. The molecule has 0 aromatic carbocycles. The number of pyridine rings is 1. The van der Waals surface area contributed by atoms with E-state index < -0.39 is 0 Å². The predicted octanol–water partition coefficient (Wildman–Crippen LogP) is 2.39. The molecule has 1 rings (SSSR count). The van der Waals surface area contributed by atoms with E-state index in [1.165, 1.54) is 6.20 Å². The maximum absolute atomic E-state index is 8.64. The summed E-state index contributed by atoms with van der Waals surface area (Å²) in [5.41, 5.74) is 1.44. The lowest BCUT2D eigenvalue weighted by molar-refractivity contribution is 0.192. The zero-order chi connectivity index (χ0) is 10.4. The van der Waals surface area contributed by atoms with Gasteiger partial charge in [0.15, 0.2) is 0 Å². The Morgan fingerprint density at radius 3 is 3.07 bits per heavy atom. The minimum atomic E-state index is 0.426. The van der Waals surface area contributed by atoms with E-state index in [9.17, 15) is 0 Å². The quantitative estimate of drug-likeness (QED) is 0.681. The van der Waals surface area contributed by atoms with Crippen LogP contribution in [0.3, 0.4) is 0 Å². The lowest BCUT2D eigenvalue weighted by Crippen LogP contribution is -1.93. The number of aromatic nitrogens is 1. The van der Waals surface area contributed by atoms with Crippen molar-refractivity contribution in [1.82, 2.24) is 4.98 Å². The standard InChI is InChI=1S/C11H12N2O/c1-3-9(2)14-8-11-4-10(5-12)6-13-7-11/h4,6-7H,2-3,8H2,1H3. The fraction of sp³-hybridized carbons (Fsp3) is 0.273. The van der Waals surface area contributed by atoms with Crippen LogP contribution >= 0.6 is 0 Å². The number of nitrogens with zero attached hydrogens (tertiary/aromatic N) is 2. The van der Waals surface area contributed by atoms with Crippen molar-refractivity contribution in [2.75, 3.05) is 0 Å². The van der Waals surface area contributed by atoms with Gasteiger partial charge in [-0.05, 0) is 6.07 Å². The average Bonchev–Trinajstić information content (AvgIpc) is 2.26. The van der Waals surface area contributed by atoms with E-state index in [1.807, 2.05) is 13.0 Å². The molecule has 0 atom stereocenters. The molecule has 0 bridgehead atoms. The lowest BCUT2D eigenvalue weighted by atomic mass is 10.2. The third-order valence-electron chi connectivity index (χ3n) is 1.76. The Kier molecular flexibility index (Phi) is 3.69. The normalized spacial score (nSPS) is 9.14. The Balaban J connectivity index is 2.60. The summed E-state index contributed by atoms with van der Waals surface area (Å²) < 4.78 is 5.33. The third-order valence-corrected chi connectivity index (χ3v) is 1.76. The van der Waals surface area contributed by atoms with Crippen LogP contribution in [0.1, 0.15) is 24.5 Å². The second kappa shape index (κ2) is 5.03. The summed E-state index contributed by atoms with van der Waals surface area (Å²) in [6.45, 7) is 6.13. The zero-order valence-electron chi connectivity index (χ0n) is 8.16. The van der Waals surface area contributed by atoms with Crippen molar-refractivity contribution in [3.8, 4) is 6.07 Å². The summed E-state index contributed by atoms with van der Waals surface area (Å²) in [7, 11) is 0. The molecule has 1 aromatic heterocycles. The molecule has 3 nitrogen and oxygen atoms in total. The number of hydrogen-bond acceptors (Lipinski definition) is 3. The molecule has 0 unspecified atom stereocenters. The van der Waals surface area contributed by atoms with E-state index in [-0.39, 0.29) is 0 Å².